The summed E-state index contributed by atoms with van der Waals surface area (Å²) in [6, 6.07) is 20.3. The monoisotopic (exact) mass is 590 g/mol. The van der Waals surface area contributed by atoms with Crippen LogP contribution in [-0.4, -0.2) is 80.0 Å². The van der Waals surface area contributed by atoms with Crippen LogP contribution in [0.5, 0.6) is 0 Å². The number of alkyl carbamates (subject to hydrolysis) is 1. The molecule has 2 aromatic carbocycles. The number of imidazole rings is 1. The molecular formula is C31H38N6O6. The number of anilines is 1. The van der Waals surface area contributed by atoms with Gasteiger partial charge in [-0.15, -0.1) is 0 Å². The second-order valence-corrected chi connectivity index (χ2v) is 11.4. The minimum Gasteiger partial charge on any atom is -0.444 e. The zero-order valence-electron chi connectivity index (χ0n) is 24.7. The van der Waals surface area contributed by atoms with E-state index in [1.807, 2.05) is 36.4 Å². The van der Waals surface area contributed by atoms with Crippen molar-refractivity contribution in [2.24, 2.45) is 0 Å². The molecule has 0 bridgehead atoms. The van der Waals surface area contributed by atoms with E-state index in [0.29, 0.717) is 29.4 Å². The largest absolute Gasteiger partial charge is 0.444 e. The van der Waals surface area contributed by atoms with Gasteiger partial charge in [0, 0.05) is 19.6 Å². The second kappa shape index (κ2) is 13.0. The van der Waals surface area contributed by atoms with Gasteiger partial charge in [-0.05, 0) is 31.9 Å². The first-order valence-corrected chi connectivity index (χ1v) is 14.2. The zero-order chi connectivity index (χ0) is 30.6. The topological polar surface area (TPSA) is 153 Å². The van der Waals surface area contributed by atoms with Crippen LogP contribution in [0.2, 0.25) is 0 Å². The number of aromatic nitrogens is 4. The van der Waals surface area contributed by atoms with Crippen molar-refractivity contribution in [1.29, 1.82) is 0 Å². The van der Waals surface area contributed by atoms with E-state index in [9.17, 15) is 15.0 Å². The van der Waals surface area contributed by atoms with Gasteiger partial charge >= 0.3 is 6.09 Å². The first-order valence-electron chi connectivity index (χ1n) is 14.2. The lowest BCUT2D eigenvalue weighted by atomic mass is 9.91. The van der Waals surface area contributed by atoms with Gasteiger partial charge in [0.25, 0.3) is 0 Å². The maximum atomic E-state index is 12.4. The minimum absolute atomic E-state index is 0.00257. The molecule has 2 aromatic heterocycles. The lowest BCUT2D eigenvalue weighted by Gasteiger charge is -2.21. The third kappa shape index (κ3) is 7.11. The van der Waals surface area contributed by atoms with Crippen molar-refractivity contribution in [3.8, 4) is 0 Å². The average molecular weight is 591 g/mol. The fourth-order valence-corrected chi connectivity index (χ4v) is 5.07. The van der Waals surface area contributed by atoms with Crippen LogP contribution in [-0.2, 0) is 20.8 Å². The molecule has 0 radical (unpaired) electrons. The number of nitrogens with zero attached hydrogens (tertiary/aromatic N) is 4. The Morgan fingerprint density at radius 2 is 1.67 bits per heavy atom. The number of carbonyl (C=O) groups excluding carboxylic acids is 1. The SMILES string of the molecule is COC[C@H]1O[C@@H](n2cnc3c(NCC(c4ccccc4)c4ccccc4)nc(CNC(=O)OC(C)(C)C)nc32)[C@H](O)[C@@H]1O. The van der Waals surface area contributed by atoms with Gasteiger partial charge < -0.3 is 35.1 Å². The predicted octanol–water partition coefficient (Wildman–Crippen LogP) is 3.36. The van der Waals surface area contributed by atoms with Crippen molar-refractivity contribution in [2.75, 3.05) is 25.6 Å². The van der Waals surface area contributed by atoms with Gasteiger partial charge in [0.2, 0.25) is 0 Å². The van der Waals surface area contributed by atoms with Crippen LogP contribution >= 0.6 is 0 Å². The van der Waals surface area contributed by atoms with Gasteiger partial charge in [-0.2, -0.15) is 0 Å². The van der Waals surface area contributed by atoms with E-state index in [-0.39, 0.29) is 19.1 Å². The molecule has 12 heteroatoms. The van der Waals surface area contributed by atoms with Gasteiger partial charge in [-0.1, -0.05) is 60.7 Å². The highest BCUT2D eigenvalue weighted by molar-refractivity contribution is 5.83. The van der Waals surface area contributed by atoms with Crippen LogP contribution in [0.1, 0.15) is 49.9 Å². The number of hydrogen-bond donors (Lipinski definition) is 4. The summed E-state index contributed by atoms with van der Waals surface area (Å²) in [6.45, 7) is 5.92. The highest BCUT2D eigenvalue weighted by atomic mass is 16.6. The molecule has 1 amide bonds. The number of hydrogen-bond acceptors (Lipinski definition) is 10. The van der Waals surface area contributed by atoms with E-state index in [0.717, 1.165) is 11.1 Å². The van der Waals surface area contributed by atoms with E-state index in [1.165, 1.54) is 13.4 Å². The number of rotatable bonds is 10. The molecule has 4 atom stereocenters. The first kappa shape index (κ1) is 30.4. The van der Waals surface area contributed by atoms with Crippen LogP contribution in [0.15, 0.2) is 67.0 Å². The molecular weight excluding hydrogens is 552 g/mol. The molecule has 0 saturated carbocycles. The Hall–Kier alpha value is -4.10. The number of amides is 1. The Morgan fingerprint density at radius 3 is 2.28 bits per heavy atom. The van der Waals surface area contributed by atoms with Crippen LogP contribution in [0.25, 0.3) is 11.2 Å². The summed E-state index contributed by atoms with van der Waals surface area (Å²) in [4.78, 5) is 26.3. The molecule has 1 aliphatic heterocycles. The number of ether oxygens (including phenoxy) is 3. The van der Waals surface area contributed by atoms with Gasteiger partial charge in [0.1, 0.15) is 23.9 Å². The molecule has 1 fully saturated rings. The Labute approximate surface area is 250 Å². The number of benzene rings is 2. The molecule has 12 nitrogen and oxygen atoms in total. The van der Waals surface area contributed by atoms with E-state index >= 15 is 0 Å². The van der Waals surface area contributed by atoms with E-state index in [1.54, 1.807) is 25.3 Å². The molecule has 43 heavy (non-hydrogen) atoms. The third-order valence-electron chi connectivity index (χ3n) is 7.08. The highest BCUT2D eigenvalue weighted by Gasteiger charge is 2.44. The molecule has 1 aliphatic rings. The summed E-state index contributed by atoms with van der Waals surface area (Å²) in [6.07, 6.45) is -3.20. The van der Waals surface area contributed by atoms with E-state index in [2.05, 4.69) is 44.9 Å². The van der Waals surface area contributed by atoms with E-state index in [4.69, 9.17) is 19.2 Å². The lowest BCUT2D eigenvalue weighted by molar-refractivity contribution is -0.0580. The minimum atomic E-state index is -1.24. The standard InChI is InChI=1S/C31H38N6O6/c1-31(2,3)43-30(40)33-16-23-35-27(32-15-21(19-11-7-5-8-12-19)20-13-9-6-10-14-20)24-28(36-23)37(18-34-24)29-26(39)25(38)22(42-29)17-41-4/h5-14,18,21-22,25-26,29,38-39H,15-17H2,1-4H3,(H,33,40)(H,32,35,36)/t22-,25-,26-,29-/m1/s1. The van der Waals surface area contributed by atoms with Gasteiger partial charge in [-0.25, -0.2) is 19.7 Å². The van der Waals surface area contributed by atoms with Gasteiger partial charge in [0.05, 0.1) is 19.5 Å². The fraction of sp³-hybridized carbons (Fsp3) is 0.419. The first-order chi connectivity index (χ1) is 20.6. The molecule has 0 aliphatic carbocycles. The summed E-state index contributed by atoms with van der Waals surface area (Å²) in [5.74, 6) is 0.742. The third-order valence-corrected chi connectivity index (χ3v) is 7.08. The fourth-order valence-electron chi connectivity index (χ4n) is 5.07. The van der Waals surface area contributed by atoms with Crippen LogP contribution in [0.3, 0.4) is 0 Å². The Balaban J connectivity index is 1.48. The maximum absolute atomic E-state index is 12.4. The number of methoxy groups -OCH3 is 1. The summed E-state index contributed by atoms with van der Waals surface area (Å²) < 4.78 is 18.0. The van der Waals surface area contributed by atoms with Gasteiger partial charge in [-0.3, -0.25) is 4.57 Å². The molecule has 228 valence electrons. The predicted molar refractivity (Wildman–Crippen MR) is 159 cm³/mol. The number of aliphatic hydroxyl groups excluding tert-OH is 2. The lowest BCUT2D eigenvalue weighted by Crippen LogP contribution is -2.33. The normalized spacial score (nSPS) is 20.4. The smallest absolute Gasteiger partial charge is 0.408 e. The molecule has 1 saturated heterocycles. The van der Waals surface area contributed by atoms with Crippen molar-refractivity contribution in [3.63, 3.8) is 0 Å². The summed E-state index contributed by atoms with van der Waals surface area (Å²) >= 11 is 0. The van der Waals surface area contributed by atoms with E-state index < -0.39 is 36.2 Å². The molecule has 4 aromatic rings. The Bertz CT molecular complexity index is 1470. The molecule has 0 unspecified atom stereocenters. The summed E-state index contributed by atoms with van der Waals surface area (Å²) in [5, 5.41) is 27.5. The van der Waals surface area contributed by atoms with Crippen molar-refractivity contribution in [1.82, 2.24) is 24.8 Å². The molecule has 3 heterocycles. The second-order valence-electron chi connectivity index (χ2n) is 11.4. The number of carbonyl (C=O) groups is 1. The summed E-state index contributed by atoms with van der Waals surface area (Å²) in [7, 11) is 1.50. The van der Waals surface area contributed by atoms with Crippen LogP contribution in [0.4, 0.5) is 10.6 Å². The quantitative estimate of drug-likeness (QED) is 0.216. The molecule has 0 spiro atoms. The zero-order valence-corrected chi connectivity index (χ0v) is 24.7. The Morgan fingerprint density at radius 1 is 1.02 bits per heavy atom. The Kier molecular flexibility index (Phi) is 9.21. The van der Waals surface area contributed by atoms with Crippen LogP contribution < -0.4 is 10.6 Å². The van der Waals surface area contributed by atoms with Gasteiger partial charge in [0.15, 0.2) is 29.0 Å². The van der Waals surface area contributed by atoms with Crippen molar-refractivity contribution < 1.29 is 29.2 Å². The molecule has 5 rings (SSSR count). The number of nitrogens with one attached hydrogen (secondary N) is 2. The average Bonchev–Trinajstić information content (AvgIpc) is 3.53. The van der Waals surface area contributed by atoms with Crippen LogP contribution in [0, 0.1) is 0 Å². The summed E-state index contributed by atoms with van der Waals surface area (Å²) in [5.41, 5.74) is 2.40. The highest BCUT2D eigenvalue weighted by Crippen LogP contribution is 2.33. The van der Waals surface area contributed by atoms with Crippen molar-refractivity contribution in [2.45, 2.75) is 63.4 Å². The number of aliphatic hydroxyl groups is 2. The number of fused-ring (bicyclic) bond motifs is 1. The van der Waals surface area contributed by atoms with Crippen molar-refractivity contribution >= 4 is 23.1 Å². The maximum Gasteiger partial charge on any atom is 0.408 e. The van der Waals surface area contributed by atoms with Crippen molar-refractivity contribution in [3.05, 3.63) is 83.9 Å². The molecule has 4 N–H and O–H groups in total.